The molecule has 0 bridgehead atoms. The van der Waals surface area contributed by atoms with Gasteiger partial charge in [0.05, 0.1) is 23.0 Å². The van der Waals surface area contributed by atoms with Crippen LogP contribution in [-0.4, -0.2) is 53.1 Å². The summed E-state index contributed by atoms with van der Waals surface area (Å²) < 4.78 is 12.1. The number of rotatable bonds is 3. The molecule has 0 aliphatic carbocycles. The van der Waals surface area contributed by atoms with E-state index in [1.807, 2.05) is 27.7 Å². The SMILES string of the molecule is CC1(C)OB(c2cncc(N3CCCC(CO)C3)n2)OC1(C)C. The Bertz CT molecular complexity index is 551. The minimum atomic E-state index is -0.495. The molecule has 0 radical (unpaired) electrons. The molecule has 1 atom stereocenters. The highest BCUT2D eigenvalue weighted by Crippen LogP contribution is 2.36. The normalized spacial score (nSPS) is 26.6. The highest BCUT2D eigenvalue weighted by molar-refractivity contribution is 6.61. The highest BCUT2D eigenvalue weighted by atomic mass is 16.7. The van der Waals surface area contributed by atoms with E-state index in [1.54, 1.807) is 12.4 Å². The first kappa shape index (κ1) is 16.7. The van der Waals surface area contributed by atoms with Gasteiger partial charge >= 0.3 is 7.12 Å². The molecule has 2 aliphatic rings. The first-order valence-corrected chi connectivity index (χ1v) is 8.36. The van der Waals surface area contributed by atoms with Crippen LogP contribution in [0.4, 0.5) is 5.82 Å². The summed E-state index contributed by atoms with van der Waals surface area (Å²) in [6, 6.07) is 0. The molecular weight excluding hydrogens is 293 g/mol. The Labute approximate surface area is 138 Å². The van der Waals surface area contributed by atoms with E-state index in [0.29, 0.717) is 11.5 Å². The summed E-state index contributed by atoms with van der Waals surface area (Å²) in [7, 11) is -0.495. The summed E-state index contributed by atoms with van der Waals surface area (Å²) in [5, 5.41) is 9.40. The van der Waals surface area contributed by atoms with Crippen molar-refractivity contribution in [3.8, 4) is 0 Å². The lowest BCUT2D eigenvalue weighted by Crippen LogP contribution is -2.41. The zero-order valence-corrected chi connectivity index (χ0v) is 14.5. The number of nitrogens with zero attached hydrogens (tertiary/aromatic N) is 3. The van der Waals surface area contributed by atoms with Crippen LogP contribution in [0.2, 0.25) is 0 Å². The van der Waals surface area contributed by atoms with Gasteiger partial charge in [-0.1, -0.05) is 0 Å². The number of hydrogen-bond acceptors (Lipinski definition) is 6. The van der Waals surface area contributed by atoms with Crippen LogP contribution in [0.5, 0.6) is 0 Å². The zero-order valence-electron chi connectivity index (χ0n) is 14.5. The Morgan fingerprint density at radius 2 is 1.96 bits per heavy atom. The minimum Gasteiger partial charge on any atom is -0.398 e. The average Bonchev–Trinajstić information content (AvgIpc) is 2.76. The summed E-state index contributed by atoms with van der Waals surface area (Å²) in [5.41, 5.74) is -0.0717. The first-order chi connectivity index (χ1) is 10.8. The number of aliphatic hydroxyl groups is 1. The molecule has 0 amide bonds. The van der Waals surface area contributed by atoms with Crippen LogP contribution in [0, 0.1) is 5.92 Å². The van der Waals surface area contributed by atoms with Gasteiger partial charge in [0, 0.05) is 25.9 Å². The van der Waals surface area contributed by atoms with E-state index < -0.39 is 7.12 Å². The van der Waals surface area contributed by atoms with Gasteiger partial charge in [-0.15, -0.1) is 0 Å². The fraction of sp³-hybridized carbons (Fsp3) is 0.750. The molecule has 1 N–H and O–H groups in total. The van der Waals surface area contributed by atoms with Crippen molar-refractivity contribution >= 4 is 18.5 Å². The molecule has 6 nitrogen and oxygen atoms in total. The third-order valence-electron chi connectivity index (χ3n) is 5.24. The molecule has 0 saturated carbocycles. The van der Waals surface area contributed by atoms with Crippen molar-refractivity contribution in [3.63, 3.8) is 0 Å². The predicted octanol–water partition coefficient (Wildman–Crippen LogP) is 0.984. The third-order valence-corrected chi connectivity index (χ3v) is 5.24. The monoisotopic (exact) mass is 319 g/mol. The quantitative estimate of drug-likeness (QED) is 0.838. The van der Waals surface area contributed by atoms with Crippen molar-refractivity contribution in [2.75, 3.05) is 24.6 Å². The van der Waals surface area contributed by atoms with E-state index in [9.17, 15) is 5.11 Å². The minimum absolute atomic E-state index is 0.223. The van der Waals surface area contributed by atoms with Gasteiger partial charge in [-0.25, -0.2) is 4.98 Å². The molecule has 2 saturated heterocycles. The van der Waals surface area contributed by atoms with Crippen LogP contribution in [0.15, 0.2) is 12.4 Å². The van der Waals surface area contributed by atoms with Gasteiger partial charge in [0.15, 0.2) is 0 Å². The number of piperidine rings is 1. The Morgan fingerprint density at radius 3 is 2.61 bits per heavy atom. The average molecular weight is 319 g/mol. The maximum absolute atomic E-state index is 9.40. The van der Waals surface area contributed by atoms with Crippen molar-refractivity contribution in [2.45, 2.75) is 51.7 Å². The lowest BCUT2D eigenvalue weighted by atomic mass is 9.85. The van der Waals surface area contributed by atoms with Gasteiger partial charge in [-0.05, 0) is 46.5 Å². The van der Waals surface area contributed by atoms with Crippen LogP contribution < -0.4 is 10.5 Å². The molecule has 7 heteroatoms. The summed E-state index contributed by atoms with van der Waals surface area (Å²) in [6.07, 6.45) is 5.61. The second-order valence-corrected chi connectivity index (χ2v) is 7.53. The number of aliphatic hydroxyl groups excluding tert-OH is 1. The molecule has 2 fully saturated rings. The standard InChI is InChI=1S/C16H26BN3O3/c1-15(2)16(3,4)23-17(22-15)13-8-18-9-14(19-13)20-7-5-6-12(10-20)11-21/h8-9,12,21H,5-7,10-11H2,1-4H3. The molecule has 2 aliphatic heterocycles. The summed E-state index contributed by atoms with van der Waals surface area (Å²) in [4.78, 5) is 11.2. The van der Waals surface area contributed by atoms with Gasteiger partial charge in [-0.2, -0.15) is 0 Å². The predicted molar refractivity (Wildman–Crippen MR) is 89.8 cm³/mol. The van der Waals surface area contributed by atoms with E-state index >= 15 is 0 Å². The van der Waals surface area contributed by atoms with E-state index in [-0.39, 0.29) is 17.8 Å². The lowest BCUT2D eigenvalue weighted by Gasteiger charge is -2.32. The number of anilines is 1. The van der Waals surface area contributed by atoms with Gasteiger partial charge in [0.25, 0.3) is 0 Å². The molecule has 23 heavy (non-hydrogen) atoms. The number of hydrogen-bond donors (Lipinski definition) is 1. The summed E-state index contributed by atoms with van der Waals surface area (Å²) >= 11 is 0. The molecule has 1 unspecified atom stereocenters. The van der Waals surface area contributed by atoms with Crippen molar-refractivity contribution < 1.29 is 14.4 Å². The van der Waals surface area contributed by atoms with Crippen LogP contribution in [0.3, 0.4) is 0 Å². The van der Waals surface area contributed by atoms with Gasteiger partial charge in [-0.3, -0.25) is 4.98 Å². The molecule has 0 aromatic carbocycles. The van der Waals surface area contributed by atoms with E-state index in [4.69, 9.17) is 14.3 Å². The van der Waals surface area contributed by atoms with Crippen LogP contribution in [0.25, 0.3) is 0 Å². The smallest absolute Gasteiger partial charge is 0.398 e. The summed E-state index contributed by atoms with van der Waals surface area (Å²) in [6.45, 7) is 10.1. The lowest BCUT2D eigenvalue weighted by molar-refractivity contribution is 0.00578. The summed E-state index contributed by atoms with van der Waals surface area (Å²) in [5.74, 6) is 1.14. The molecule has 0 spiro atoms. The Morgan fingerprint density at radius 1 is 1.26 bits per heavy atom. The van der Waals surface area contributed by atoms with E-state index in [0.717, 1.165) is 31.7 Å². The van der Waals surface area contributed by atoms with Crippen LogP contribution >= 0.6 is 0 Å². The maximum Gasteiger partial charge on any atom is 0.516 e. The van der Waals surface area contributed by atoms with Crippen molar-refractivity contribution in [1.29, 1.82) is 0 Å². The fourth-order valence-electron chi connectivity index (χ4n) is 3.02. The highest BCUT2D eigenvalue weighted by Gasteiger charge is 2.52. The molecule has 126 valence electrons. The maximum atomic E-state index is 9.40. The van der Waals surface area contributed by atoms with E-state index in [2.05, 4.69) is 9.88 Å². The van der Waals surface area contributed by atoms with Crippen LogP contribution in [0.1, 0.15) is 40.5 Å². The largest absolute Gasteiger partial charge is 0.516 e. The van der Waals surface area contributed by atoms with Crippen molar-refractivity contribution in [3.05, 3.63) is 12.4 Å². The fourth-order valence-corrected chi connectivity index (χ4v) is 3.02. The van der Waals surface area contributed by atoms with E-state index in [1.165, 1.54) is 0 Å². The van der Waals surface area contributed by atoms with Crippen molar-refractivity contribution in [2.24, 2.45) is 5.92 Å². The van der Waals surface area contributed by atoms with Gasteiger partial charge in [0.2, 0.25) is 0 Å². The zero-order chi connectivity index (χ0) is 16.7. The van der Waals surface area contributed by atoms with Crippen LogP contribution in [-0.2, 0) is 9.31 Å². The molecular formula is C16H26BN3O3. The molecule has 1 aromatic heterocycles. The van der Waals surface area contributed by atoms with Gasteiger partial charge < -0.3 is 19.3 Å². The number of aromatic nitrogens is 2. The van der Waals surface area contributed by atoms with Crippen molar-refractivity contribution in [1.82, 2.24) is 9.97 Å². The molecule has 3 heterocycles. The van der Waals surface area contributed by atoms with Gasteiger partial charge in [0.1, 0.15) is 5.82 Å². The molecule has 1 aromatic rings. The third kappa shape index (κ3) is 3.23. The second kappa shape index (κ2) is 6.04. The second-order valence-electron chi connectivity index (χ2n) is 7.53. The topological polar surface area (TPSA) is 67.7 Å². The molecule has 3 rings (SSSR count). The Balaban J connectivity index is 1.78. The first-order valence-electron chi connectivity index (χ1n) is 8.36. The Hall–Kier alpha value is -1.18. The Kier molecular flexibility index (Phi) is 4.38.